The van der Waals surface area contributed by atoms with Crippen LogP contribution in [0, 0.1) is 5.41 Å². The molecule has 40 heavy (non-hydrogen) atoms. The highest BCUT2D eigenvalue weighted by atomic mass is 32.2. The van der Waals surface area contributed by atoms with Crippen molar-refractivity contribution >= 4 is 27.3 Å². The van der Waals surface area contributed by atoms with Crippen molar-refractivity contribution in [3.05, 3.63) is 30.5 Å². The van der Waals surface area contributed by atoms with E-state index in [0.717, 1.165) is 31.6 Å². The average Bonchev–Trinajstić information content (AvgIpc) is 3.49. The number of hydrogen-bond donors (Lipinski definition) is 2. The van der Waals surface area contributed by atoms with Crippen molar-refractivity contribution in [3.8, 4) is 23.0 Å². The summed E-state index contributed by atoms with van der Waals surface area (Å²) in [4.78, 5) is 12.7. The molecule has 2 aliphatic heterocycles. The molecule has 0 amide bonds. The zero-order chi connectivity index (χ0) is 28.0. The maximum atomic E-state index is 13.6. The lowest BCUT2D eigenvalue weighted by Gasteiger charge is -2.35. The molecule has 6 rings (SSSR count). The van der Waals surface area contributed by atoms with Crippen LogP contribution in [0.15, 0.2) is 34.9 Å². The monoisotopic (exact) mass is 575 g/mol. The summed E-state index contributed by atoms with van der Waals surface area (Å²) in [6.07, 6.45) is 5.66. The van der Waals surface area contributed by atoms with Gasteiger partial charge < -0.3 is 19.3 Å². The summed E-state index contributed by atoms with van der Waals surface area (Å²) in [6.45, 7) is 1.48. The summed E-state index contributed by atoms with van der Waals surface area (Å²) in [5.41, 5.74) is 2.63. The first-order valence-electron chi connectivity index (χ1n) is 13.4. The fourth-order valence-corrected chi connectivity index (χ4v) is 6.20. The van der Waals surface area contributed by atoms with E-state index >= 15 is 0 Å². The van der Waals surface area contributed by atoms with Crippen LogP contribution in [0.1, 0.15) is 38.5 Å². The topological polar surface area (TPSA) is 138 Å². The summed E-state index contributed by atoms with van der Waals surface area (Å²) in [5, 5.41) is 17.6. The fourth-order valence-electron chi connectivity index (χ4n) is 5.38. The number of aromatic nitrogens is 4. The van der Waals surface area contributed by atoms with Gasteiger partial charge in [0.1, 0.15) is 5.69 Å². The molecule has 1 aromatic carbocycles. The van der Waals surface area contributed by atoms with Crippen molar-refractivity contribution in [3.63, 3.8) is 0 Å². The minimum absolute atomic E-state index is 0.153. The van der Waals surface area contributed by atoms with E-state index in [1.807, 2.05) is 0 Å². The van der Waals surface area contributed by atoms with E-state index in [0.29, 0.717) is 28.3 Å². The second kappa shape index (κ2) is 10.2. The molecule has 3 aromatic rings. The van der Waals surface area contributed by atoms with Gasteiger partial charge in [0, 0.05) is 45.2 Å². The molecule has 1 saturated carbocycles. The third-order valence-electron chi connectivity index (χ3n) is 8.05. The van der Waals surface area contributed by atoms with Gasteiger partial charge in [-0.2, -0.15) is 0 Å². The Balaban J connectivity index is 1.28. The number of sulfonamides is 1. The van der Waals surface area contributed by atoms with Gasteiger partial charge in [-0.25, -0.2) is 27.2 Å². The van der Waals surface area contributed by atoms with Crippen LogP contribution in [0.2, 0.25) is 0 Å². The van der Waals surface area contributed by atoms with Gasteiger partial charge in [-0.15, -0.1) is 10.2 Å². The Morgan fingerprint density at radius 2 is 1.65 bits per heavy atom. The highest BCUT2D eigenvalue weighted by molar-refractivity contribution is 7.92. The molecule has 0 bridgehead atoms. The summed E-state index contributed by atoms with van der Waals surface area (Å²) >= 11 is 0. The number of piperidine rings is 2. The van der Waals surface area contributed by atoms with Gasteiger partial charge in [-0.3, -0.25) is 4.72 Å². The lowest BCUT2D eigenvalue weighted by atomic mass is 9.93. The summed E-state index contributed by atoms with van der Waals surface area (Å²) < 4.78 is 60.4. The molecule has 11 nitrogen and oxygen atoms in total. The molecule has 3 fully saturated rings. The van der Waals surface area contributed by atoms with E-state index in [1.54, 1.807) is 29.2 Å². The van der Waals surface area contributed by atoms with E-state index in [9.17, 15) is 17.2 Å². The van der Waals surface area contributed by atoms with Gasteiger partial charge >= 0.3 is 0 Å². The maximum absolute atomic E-state index is 13.6. The van der Waals surface area contributed by atoms with Gasteiger partial charge in [-0.05, 0) is 55.4 Å². The minimum Gasteiger partial charge on any atom is -0.415 e. The summed E-state index contributed by atoms with van der Waals surface area (Å²) in [6, 6.07) is 6.75. The quantitative estimate of drug-likeness (QED) is 0.410. The molecule has 214 valence electrons. The van der Waals surface area contributed by atoms with Crippen molar-refractivity contribution in [1.29, 1.82) is 0 Å². The van der Waals surface area contributed by atoms with Crippen molar-refractivity contribution in [2.24, 2.45) is 5.41 Å². The van der Waals surface area contributed by atoms with E-state index in [1.165, 1.54) is 19.0 Å². The van der Waals surface area contributed by atoms with Crippen molar-refractivity contribution in [2.45, 2.75) is 44.4 Å². The zero-order valence-electron chi connectivity index (χ0n) is 21.9. The Hall–Kier alpha value is -3.39. The highest BCUT2D eigenvalue weighted by Gasteiger charge is 2.44. The molecular weight excluding hydrogens is 544 g/mol. The highest BCUT2D eigenvalue weighted by Crippen LogP contribution is 2.54. The van der Waals surface area contributed by atoms with Crippen LogP contribution in [0.3, 0.4) is 0 Å². The number of nitrogens with zero attached hydrogens (tertiary/aromatic N) is 6. The lowest BCUT2D eigenvalue weighted by Crippen LogP contribution is -2.40. The first-order valence-corrected chi connectivity index (χ1v) is 15.1. The number of halogens is 2. The van der Waals surface area contributed by atoms with Crippen LogP contribution in [0.5, 0.6) is 0 Å². The lowest BCUT2D eigenvalue weighted by molar-refractivity contribution is -0.0222. The van der Waals surface area contributed by atoms with Gasteiger partial charge in [0.2, 0.25) is 21.9 Å². The predicted octanol–water partition coefficient (Wildman–Crippen LogP) is 3.54. The molecule has 0 radical (unpaired) electrons. The summed E-state index contributed by atoms with van der Waals surface area (Å²) in [5.74, 6) is -2.33. The minimum atomic E-state index is -3.70. The first kappa shape index (κ1) is 26.8. The van der Waals surface area contributed by atoms with Crippen molar-refractivity contribution < 1.29 is 26.7 Å². The fraction of sp³-hybridized carbons (Fsp3) is 0.538. The number of aliphatic hydroxyl groups is 1. The second-order valence-electron chi connectivity index (χ2n) is 10.9. The van der Waals surface area contributed by atoms with Crippen LogP contribution in [0.4, 0.5) is 26.1 Å². The van der Waals surface area contributed by atoms with Gasteiger partial charge in [0.25, 0.3) is 11.8 Å². The Morgan fingerprint density at radius 3 is 2.35 bits per heavy atom. The smallest absolute Gasteiger partial charge is 0.266 e. The van der Waals surface area contributed by atoms with Gasteiger partial charge in [0.05, 0.1) is 29.3 Å². The number of benzene rings is 1. The molecule has 14 heteroatoms. The Bertz CT molecular complexity index is 1480. The standard InChI is InChI=1S/C26H31F2N7O4S/c27-26(28)8-13-35(14-9-26)24-29-10-3-20(30-24)23-32-31-22(39-23)19-2-1-18(33-40(37,38)16-15-36)17-21(19)34-11-6-25(4-5-25)7-12-34/h1-3,10,17,33,36H,4-9,11-16H2. The number of hydrogen-bond acceptors (Lipinski definition) is 10. The van der Waals surface area contributed by atoms with Crippen LogP contribution in [-0.4, -0.2) is 78.2 Å². The number of nitrogens with one attached hydrogen (secondary N) is 1. The molecule has 1 aliphatic carbocycles. The third kappa shape index (κ3) is 5.73. The van der Waals surface area contributed by atoms with Crippen molar-refractivity contribution in [2.75, 3.05) is 53.1 Å². The predicted molar refractivity (Wildman–Crippen MR) is 145 cm³/mol. The number of rotatable bonds is 8. The molecule has 4 heterocycles. The normalized spacial score (nSPS) is 20.1. The van der Waals surface area contributed by atoms with E-state index < -0.39 is 28.3 Å². The number of alkyl halides is 2. The number of aliphatic hydroxyl groups excluding tert-OH is 1. The van der Waals surface area contributed by atoms with E-state index in [-0.39, 0.29) is 37.7 Å². The second-order valence-corrected chi connectivity index (χ2v) is 12.7. The Morgan fingerprint density at radius 1 is 0.950 bits per heavy atom. The Labute approximate surface area is 230 Å². The first-order chi connectivity index (χ1) is 19.1. The Kier molecular flexibility index (Phi) is 6.85. The van der Waals surface area contributed by atoms with Crippen LogP contribution >= 0.6 is 0 Å². The largest absolute Gasteiger partial charge is 0.415 e. The maximum Gasteiger partial charge on any atom is 0.266 e. The van der Waals surface area contributed by atoms with Crippen molar-refractivity contribution in [1.82, 2.24) is 20.2 Å². The van der Waals surface area contributed by atoms with Gasteiger partial charge in [-0.1, -0.05) is 0 Å². The molecular formula is C26H31F2N7O4S. The van der Waals surface area contributed by atoms with Gasteiger partial charge in [0.15, 0.2) is 0 Å². The average molecular weight is 576 g/mol. The zero-order valence-corrected chi connectivity index (χ0v) is 22.7. The van der Waals surface area contributed by atoms with E-state index in [2.05, 4.69) is 29.8 Å². The molecule has 2 aromatic heterocycles. The van der Waals surface area contributed by atoms with Crippen LogP contribution in [0.25, 0.3) is 23.0 Å². The SMILES string of the molecule is O=S(=O)(CCO)Nc1ccc(-c2nnc(-c3ccnc(N4CCC(F)(F)CC4)n3)o2)c(N2CCC3(CC2)CC3)c1. The summed E-state index contributed by atoms with van der Waals surface area (Å²) in [7, 11) is -3.70. The third-order valence-corrected chi connectivity index (χ3v) is 9.31. The molecule has 0 unspecified atom stereocenters. The molecule has 2 N–H and O–H groups in total. The molecule has 0 atom stereocenters. The number of anilines is 3. The van der Waals surface area contributed by atoms with Crippen LogP contribution < -0.4 is 14.5 Å². The van der Waals surface area contributed by atoms with E-state index in [4.69, 9.17) is 9.52 Å². The van der Waals surface area contributed by atoms with Crippen LogP contribution in [-0.2, 0) is 10.0 Å². The molecule has 2 saturated heterocycles. The molecule has 1 spiro atoms. The molecule has 3 aliphatic rings.